The van der Waals surface area contributed by atoms with Gasteiger partial charge in [-0.15, -0.1) is 12.4 Å². The molecule has 2 heterocycles. The average Bonchev–Trinajstić information content (AvgIpc) is 2.63. The third-order valence-electron chi connectivity index (χ3n) is 4.16. The smallest absolute Gasteiger partial charge is 0.256 e. The van der Waals surface area contributed by atoms with Crippen molar-refractivity contribution in [2.24, 2.45) is 0 Å². The van der Waals surface area contributed by atoms with Gasteiger partial charge in [0, 0.05) is 32.1 Å². The summed E-state index contributed by atoms with van der Waals surface area (Å²) in [5.41, 5.74) is 1.07. The van der Waals surface area contributed by atoms with E-state index < -0.39 is 0 Å². The number of morpholine rings is 2. The van der Waals surface area contributed by atoms with Crippen LogP contribution in [-0.2, 0) is 14.3 Å². The van der Waals surface area contributed by atoms with E-state index in [9.17, 15) is 9.59 Å². The maximum absolute atomic E-state index is 12.7. The number of carbonyl (C=O) groups is 2. The van der Waals surface area contributed by atoms with Crippen LogP contribution in [0.1, 0.15) is 16.8 Å². The molecule has 1 atom stereocenters. The molecule has 2 aliphatic heterocycles. The van der Waals surface area contributed by atoms with E-state index in [0.717, 1.165) is 6.54 Å². The SMILES string of the molecule is Cl.O=C(CC1COCCN1)Nc1ccccc1C(=O)N1CCOCC1. The normalized spacial score (nSPS) is 20.5. The number of halogens is 1. The molecular weight excluding hydrogens is 346 g/mol. The maximum atomic E-state index is 12.7. The van der Waals surface area contributed by atoms with Crippen LogP contribution >= 0.6 is 12.4 Å². The summed E-state index contributed by atoms with van der Waals surface area (Å²) in [6.07, 6.45) is 0.320. The molecule has 2 fully saturated rings. The van der Waals surface area contributed by atoms with E-state index in [-0.39, 0.29) is 30.3 Å². The van der Waals surface area contributed by atoms with Crippen molar-refractivity contribution in [1.82, 2.24) is 10.2 Å². The van der Waals surface area contributed by atoms with Crippen LogP contribution in [-0.4, -0.2) is 68.8 Å². The first-order valence-corrected chi connectivity index (χ1v) is 8.31. The van der Waals surface area contributed by atoms with Crippen molar-refractivity contribution < 1.29 is 19.1 Å². The van der Waals surface area contributed by atoms with Crippen LogP contribution in [0.3, 0.4) is 0 Å². The van der Waals surface area contributed by atoms with Crippen LogP contribution in [0.15, 0.2) is 24.3 Å². The van der Waals surface area contributed by atoms with Crippen molar-refractivity contribution in [3.05, 3.63) is 29.8 Å². The fraction of sp³-hybridized carbons (Fsp3) is 0.529. The fourth-order valence-electron chi connectivity index (χ4n) is 2.89. The Morgan fingerprint density at radius 1 is 1.16 bits per heavy atom. The van der Waals surface area contributed by atoms with Gasteiger partial charge in [-0.05, 0) is 12.1 Å². The molecule has 0 saturated carbocycles. The Hall–Kier alpha value is -1.67. The number of anilines is 1. The number of para-hydroxylation sites is 1. The first-order valence-electron chi connectivity index (χ1n) is 8.31. The third-order valence-corrected chi connectivity index (χ3v) is 4.16. The van der Waals surface area contributed by atoms with Gasteiger partial charge in [-0.1, -0.05) is 12.1 Å². The molecule has 138 valence electrons. The molecule has 2 saturated heterocycles. The minimum absolute atomic E-state index is 0. The van der Waals surface area contributed by atoms with Gasteiger partial charge in [-0.3, -0.25) is 9.59 Å². The standard InChI is InChI=1S/C17H23N3O4.ClH/c21-16(11-13-12-24-8-5-18-13)19-15-4-2-1-3-14(15)17(22)20-6-9-23-10-7-20;/h1-4,13,18H,5-12H2,(H,19,21);1H. The zero-order valence-electron chi connectivity index (χ0n) is 14.0. The molecule has 1 aromatic rings. The quantitative estimate of drug-likeness (QED) is 0.824. The molecule has 0 radical (unpaired) electrons. The lowest BCUT2D eigenvalue weighted by molar-refractivity contribution is -0.117. The number of hydrogen-bond donors (Lipinski definition) is 2. The summed E-state index contributed by atoms with van der Waals surface area (Å²) in [6, 6.07) is 7.14. The Balaban J connectivity index is 0.00000225. The first-order chi connectivity index (χ1) is 11.7. The molecule has 1 aromatic carbocycles. The predicted octanol–water partition coefficient (Wildman–Crippen LogP) is 0.898. The first kappa shape index (κ1) is 19.7. The average molecular weight is 370 g/mol. The molecule has 2 N–H and O–H groups in total. The van der Waals surface area contributed by atoms with Gasteiger partial charge in [0.05, 0.1) is 37.7 Å². The van der Waals surface area contributed by atoms with Gasteiger partial charge < -0.3 is 25.0 Å². The number of ether oxygens (including phenoxy) is 2. The van der Waals surface area contributed by atoms with E-state index in [1.54, 1.807) is 23.1 Å². The van der Waals surface area contributed by atoms with E-state index in [0.29, 0.717) is 57.2 Å². The van der Waals surface area contributed by atoms with Gasteiger partial charge in [0.15, 0.2) is 0 Å². The molecule has 7 nitrogen and oxygen atoms in total. The molecule has 0 spiro atoms. The van der Waals surface area contributed by atoms with E-state index >= 15 is 0 Å². The van der Waals surface area contributed by atoms with Gasteiger partial charge in [0.2, 0.25) is 5.91 Å². The molecule has 2 aliphatic rings. The topological polar surface area (TPSA) is 79.9 Å². The molecule has 8 heteroatoms. The minimum Gasteiger partial charge on any atom is -0.378 e. The number of hydrogen-bond acceptors (Lipinski definition) is 5. The van der Waals surface area contributed by atoms with E-state index in [4.69, 9.17) is 9.47 Å². The van der Waals surface area contributed by atoms with Crippen molar-refractivity contribution in [1.29, 1.82) is 0 Å². The lowest BCUT2D eigenvalue weighted by atomic mass is 10.1. The highest BCUT2D eigenvalue weighted by molar-refractivity contribution is 6.03. The highest BCUT2D eigenvalue weighted by Gasteiger charge is 2.22. The second kappa shape index (κ2) is 9.72. The predicted molar refractivity (Wildman–Crippen MR) is 96.3 cm³/mol. The Morgan fingerprint density at radius 2 is 1.92 bits per heavy atom. The molecular formula is C17H24ClN3O4. The highest BCUT2D eigenvalue weighted by Crippen LogP contribution is 2.18. The monoisotopic (exact) mass is 369 g/mol. The van der Waals surface area contributed by atoms with Crippen molar-refractivity contribution in [2.45, 2.75) is 12.5 Å². The summed E-state index contributed by atoms with van der Waals surface area (Å²) >= 11 is 0. The van der Waals surface area contributed by atoms with Crippen molar-refractivity contribution >= 4 is 29.9 Å². The van der Waals surface area contributed by atoms with Gasteiger partial charge in [0.1, 0.15) is 0 Å². The zero-order chi connectivity index (χ0) is 16.8. The number of carbonyl (C=O) groups excluding carboxylic acids is 2. The molecule has 2 amide bonds. The maximum Gasteiger partial charge on any atom is 0.256 e. The third kappa shape index (κ3) is 5.40. The van der Waals surface area contributed by atoms with E-state index in [1.165, 1.54) is 0 Å². The molecule has 25 heavy (non-hydrogen) atoms. The van der Waals surface area contributed by atoms with Crippen LogP contribution in [0.25, 0.3) is 0 Å². The van der Waals surface area contributed by atoms with E-state index in [2.05, 4.69) is 10.6 Å². The largest absolute Gasteiger partial charge is 0.378 e. The van der Waals surface area contributed by atoms with Crippen LogP contribution in [0.5, 0.6) is 0 Å². The number of amides is 2. The van der Waals surface area contributed by atoms with Crippen LogP contribution in [0, 0.1) is 0 Å². The zero-order valence-corrected chi connectivity index (χ0v) is 14.8. The number of benzene rings is 1. The van der Waals surface area contributed by atoms with Gasteiger partial charge in [0.25, 0.3) is 5.91 Å². The van der Waals surface area contributed by atoms with Gasteiger partial charge >= 0.3 is 0 Å². The lowest BCUT2D eigenvalue weighted by Crippen LogP contribution is -2.43. The summed E-state index contributed by atoms with van der Waals surface area (Å²) in [7, 11) is 0. The van der Waals surface area contributed by atoms with Gasteiger partial charge in [-0.25, -0.2) is 0 Å². The summed E-state index contributed by atoms with van der Waals surface area (Å²) in [4.78, 5) is 26.7. The summed E-state index contributed by atoms with van der Waals surface area (Å²) in [6.45, 7) is 4.21. The molecule has 1 unspecified atom stereocenters. The fourth-order valence-corrected chi connectivity index (χ4v) is 2.89. The number of nitrogens with one attached hydrogen (secondary N) is 2. The summed E-state index contributed by atoms with van der Waals surface area (Å²) in [5, 5.41) is 6.11. The number of nitrogens with zero attached hydrogens (tertiary/aromatic N) is 1. The van der Waals surface area contributed by atoms with Gasteiger partial charge in [-0.2, -0.15) is 0 Å². The van der Waals surface area contributed by atoms with Crippen molar-refractivity contribution in [2.75, 3.05) is 51.4 Å². The molecule has 0 aromatic heterocycles. The number of rotatable bonds is 4. The Bertz CT molecular complexity index is 587. The highest BCUT2D eigenvalue weighted by atomic mass is 35.5. The minimum atomic E-state index is -0.125. The Morgan fingerprint density at radius 3 is 2.64 bits per heavy atom. The molecule has 0 aliphatic carbocycles. The second-order valence-electron chi connectivity index (χ2n) is 5.93. The van der Waals surface area contributed by atoms with Crippen molar-refractivity contribution in [3.8, 4) is 0 Å². The Labute approximate surface area is 153 Å². The van der Waals surface area contributed by atoms with Crippen LogP contribution in [0.4, 0.5) is 5.69 Å². The van der Waals surface area contributed by atoms with Crippen LogP contribution in [0.2, 0.25) is 0 Å². The Kier molecular flexibility index (Phi) is 7.64. The molecule has 0 bridgehead atoms. The van der Waals surface area contributed by atoms with E-state index in [1.807, 2.05) is 6.07 Å². The lowest BCUT2D eigenvalue weighted by Gasteiger charge is -2.27. The summed E-state index contributed by atoms with van der Waals surface area (Å²) in [5.74, 6) is -0.200. The summed E-state index contributed by atoms with van der Waals surface area (Å²) < 4.78 is 10.6. The molecule has 3 rings (SSSR count). The van der Waals surface area contributed by atoms with Crippen LogP contribution < -0.4 is 10.6 Å². The van der Waals surface area contributed by atoms with Crippen molar-refractivity contribution in [3.63, 3.8) is 0 Å². The second-order valence-corrected chi connectivity index (χ2v) is 5.93.